The van der Waals surface area contributed by atoms with Crippen LogP contribution in [0.1, 0.15) is 5.56 Å². The van der Waals surface area contributed by atoms with Crippen LogP contribution in [0.5, 0.6) is 0 Å². The molecule has 1 aromatic carbocycles. The Morgan fingerprint density at radius 2 is 2.00 bits per heavy atom. The number of nitriles is 1. The Morgan fingerprint density at radius 1 is 1.36 bits per heavy atom. The molecule has 0 N–H and O–H groups in total. The van der Waals surface area contributed by atoms with Crippen molar-refractivity contribution in [2.45, 2.75) is 4.90 Å². The molecule has 0 amide bonds. The highest BCUT2D eigenvalue weighted by molar-refractivity contribution is 8.03. The van der Waals surface area contributed by atoms with Crippen molar-refractivity contribution in [3.05, 3.63) is 36.4 Å². The van der Waals surface area contributed by atoms with Crippen molar-refractivity contribution in [2.75, 3.05) is 0 Å². The van der Waals surface area contributed by atoms with Gasteiger partial charge in [0, 0.05) is 4.90 Å². The number of thioether (sulfide) groups is 1. The summed E-state index contributed by atoms with van der Waals surface area (Å²) in [4.78, 5) is 0.970. The number of hydrogen-bond acceptors (Lipinski definition) is 2. The number of nitrogens with zero attached hydrogens (tertiary/aromatic N) is 1. The second kappa shape index (κ2) is 3.85. The van der Waals surface area contributed by atoms with Crippen LogP contribution in [-0.2, 0) is 0 Å². The Hall–Kier alpha value is -1.20. The third-order valence-corrected chi connectivity index (χ3v) is 1.88. The smallest absolute Gasteiger partial charge is 0.138 e. The van der Waals surface area contributed by atoms with E-state index in [0.29, 0.717) is 0 Å². The lowest BCUT2D eigenvalue weighted by molar-refractivity contribution is 1.45. The van der Waals surface area contributed by atoms with Gasteiger partial charge in [0.25, 0.3) is 0 Å². The highest BCUT2D eigenvalue weighted by atomic mass is 32.2. The molecule has 0 fully saturated rings. The van der Waals surface area contributed by atoms with Crippen LogP contribution < -0.4 is 0 Å². The van der Waals surface area contributed by atoms with E-state index in [1.54, 1.807) is 6.08 Å². The summed E-state index contributed by atoms with van der Waals surface area (Å²) in [7, 11) is 0. The van der Waals surface area contributed by atoms with Crippen LogP contribution in [0, 0.1) is 10.7 Å². The number of rotatable bonds is 2. The van der Waals surface area contributed by atoms with Crippen LogP contribution in [0.4, 0.5) is 0 Å². The molecule has 2 heteroatoms. The summed E-state index contributed by atoms with van der Waals surface area (Å²) < 4.78 is 0. The average Bonchev–Trinajstić information content (AvgIpc) is 2.07. The zero-order valence-corrected chi connectivity index (χ0v) is 6.77. The molecule has 1 nitrogen and oxygen atoms in total. The van der Waals surface area contributed by atoms with Gasteiger partial charge in [0.1, 0.15) is 5.40 Å². The van der Waals surface area contributed by atoms with Gasteiger partial charge in [-0.3, -0.25) is 0 Å². The highest BCUT2D eigenvalue weighted by Crippen LogP contribution is 2.16. The molecule has 1 aromatic rings. The number of benzene rings is 1. The number of hydrogen-bond donors (Lipinski definition) is 0. The monoisotopic (exact) mass is 161 g/mol. The van der Waals surface area contributed by atoms with Gasteiger partial charge in [-0.2, -0.15) is 5.26 Å². The first-order valence-corrected chi connectivity index (χ1v) is 3.97. The van der Waals surface area contributed by atoms with Crippen molar-refractivity contribution < 1.29 is 0 Å². The molecule has 54 valence electrons. The van der Waals surface area contributed by atoms with E-state index >= 15 is 0 Å². The SMILES string of the molecule is C=Cc1ccc(SC#N)cc1. The summed E-state index contributed by atoms with van der Waals surface area (Å²) in [6, 6.07) is 7.69. The lowest BCUT2D eigenvalue weighted by Crippen LogP contribution is -1.70. The lowest BCUT2D eigenvalue weighted by atomic mass is 10.2. The van der Waals surface area contributed by atoms with Crippen LogP contribution in [-0.4, -0.2) is 0 Å². The van der Waals surface area contributed by atoms with Crippen LogP contribution in [0.15, 0.2) is 35.7 Å². The maximum absolute atomic E-state index is 8.34. The second-order valence-electron chi connectivity index (χ2n) is 1.97. The summed E-state index contributed by atoms with van der Waals surface area (Å²) in [6.45, 7) is 3.63. The fourth-order valence-corrected chi connectivity index (χ4v) is 1.10. The third kappa shape index (κ3) is 2.14. The molecule has 0 aromatic heterocycles. The largest absolute Gasteiger partial charge is 0.185 e. The molecule has 0 unspecified atom stereocenters. The Bertz CT molecular complexity index is 281. The van der Waals surface area contributed by atoms with E-state index < -0.39 is 0 Å². The Balaban J connectivity index is 2.84. The first-order valence-electron chi connectivity index (χ1n) is 3.15. The molecule has 11 heavy (non-hydrogen) atoms. The van der Waals surface area contributed by atoms with E-state index in [9.17, 15) is 0 Å². The second-order valence-corrected chi connectivity index (χ2v) is 2.82. The summed E-state index contributed by atoms with van der Waals surface area (Å²) in [5.74, 6) is 0. The molecule has 0 bridgehead atoms. The minimum absolute atomic E-state index is 0.970. The van der Waals surface area contributed by atoms with Gasteiger partial charge in [-0.05, 0) is 29.5 Å². The van der Waals surface area contributed by atoms with E-state index in [2.05, 4.69) is 6.58 Å². The fourth-order valence-electron chi connectivity index (χ4n) is 0.725. The fraction of sp³-hybridized carbons (Fsp3) is 0. The topological polar surface area (TPSA) is 23.8 Å². The van der Waals surface area contributed by atoms with Gasteiger partial charge in [-0.25, -0.2) is 0 Å². The molecule has 0 radical (unpaired) electrons. The first-order chi connectivity index (χ1) is 5.36. The van der Waals surface area contributed by atoms with Gasteiger partial charge in [0.2, 0.25) is 0 Å². The van der Waals surface area contributed by atoms with E-state index in [4.69, 9.17) is 5.26 Å². The first kappa shape index (κ1) is 7.90. The summed E-state index contributed by atoms with van der Waals surface area (Å²) in [5.41, 5.74) is 1.08. The Morgan fingerprint density at radius 3 is 2.45 bits per heavy atom. The minimum Gasteiger partial charge on any atom is -0.185 e. The van der Waals surface area contributed by atoms with E-state index in [-0.39, 0.29) is 0 Å². The van der Waals surface area contributed by atoms with Gasteiger partial charge in [0.05, 0.1) is 0 Å². The highest BCUT2D eigenvalue weighted by Gasteiger charge is 1.90. The Labute approximate surface area is 70.4 Å². The number of thiocyanates is 1. The van der Waals surface area contributed by atoms with Crippen molar-refractivity contribution >= 4 is 17.8 Å². The van der Waals surface area contributed by atoms with Crippen LogP contribution in [0.25, 0.3) is 6.08 Å². The van der Waals surface area contributed by atoms with Crippen LogP contribution >= 0.6 is 11.8 Å². The van der Waals surface area contributed by atoms with Gasteiger partial charge in [-0.1, -0.05) is 24.8 Å². The lowest BCUT2D eigenvalue weighted by Gasteiger charge is -1.93. The van der Waals surface area contributed by atoms with Crippen molar-refractivity contribution in [3.8, 4) is 5.40 Å². The standard InChI is InChI=1S/C9H7NS/c1-2-8-3-5-9(6-4-8)11-7-10/h2-6H,1H2. The van der Waals surface area contributed by atoms with Gasteiger partial charge in [0.15, 0.2) is 0 Å². The van der Waals surface area contributed by atoms with Crippen molar-refractivity contribution in [1.29, 1.82) is 5.26 Å². The van der Waals surface area contributed by atoms with Crippen LogP contribution in [0.2, 0.25) is 0 Å². The molecule has 0 aliphatic heterocycles. The average molecular weight is 161 g/mol. The quantitative estimate of drug-likeness (QED) is 0.492. The van der Waals surface area contributed by atoms with E-state index in [0.717, 1.165) is 10.5 Å². The van der Waals surface area contributed by atoms with Crippen molar-refractivity contribution in [1.82, 2.24) is 0 Å². The van der Waals surface area contributed by atoms with Crippen LogP contribution in [0.3, 0.4) is 0 Å². The summed E-state index contributed by atoms with van der Waals surface area (Å²) >= 11 is 1.17. The van der Waals surface area contributed by atoms with Crippen molar-refractivity contribution in [2.24, 2.45) is 0 Å². The van der Waals surface area contributed by atoms with Crippen molar-refractivity contribution in [3.63, 3.8) is 0 Å². The maximum atomic E-state index is 8.34. The molecule has 0 saturated heterocycles. The molecule has 0 heterocycles. The summed E-state index contributed by atoms with van der Waals surface area (Å²) in [6.07, 6.45) is 1.78. The molecule has 0 atom stereocenters. The van der Waals surface area contributed by atoms with Gasteiger partial charge >= 0.3 is 0 Å². The zero-order valence-electron chi connectivity index (χ0n) is 5.95. The van der Waals surface area contributed by atoms with Gasteiger partial charge < -0.3 is 0 Å². The van der Waals surface area contributed by atoms with E-state index in [1.807, 2.05) is 29.7 Å². The maximum Gasteiger partial charge on any atom is 0.138 e. The molecular formula is C9H7NS. The predicted octanol–water partition coefficient (Wildman–Crippen LogP) is 2.90. The molecular weight excluding hydrogens is 154 g/mol. The predicted molar refractivity (Wildman–Crippen MR) is 48.0 cm³/mol. The molecule has 0 aliphatic carbocycles. The minimum atomic E-state index is 0.970. The molecule has 0 spiro atoms. The van der Waals surface area contributed by atoms with E-state index in [1.165, 1.54) is 11.8 Å². The third-order valence-electron chi connectivity index (χ3n) is 1.28. The summed E-state index contributed by atoms with van der Waals surface area (Å²) in [5, 5.41) is 10.4. The normalized spacial score (nSPS) is 8.64. The zero-order chi connectivity index (χ0) is 8.10. The molecule has 0 saturated carbocycles. The molecule has 1 rings (SSSR count). The Kier molecular flexibility index (Phi) is 2.76. The van der Waals surface area contributed by atoms with Gasteiger partial charge in [-0.15, -0.1) is 0 Å². The molecule has 0 aliphatic rings.